The lowest BCUT2D eigenvalue weighted by molar-refractivity contribution is -0.135. The number of urea groups is 1. The third-order valence-corrected chi connectivity index (χ3v) is 6.56. The topological polar surface area (TPSA) is 90.5 Å². The van der Waals surface area contributed by atoms with Gasteiger partial charge in [-0.1, -0.05) is 24.3 Å². The minimum atomic E-state index is -0.998. The van der Waals surface area contributed by atoms with Gasteiger partial charge in [0.1, 0.15) is 12.1 Å². The Balaban J connectivity index is 1.28. The number of nitrogens with zero attached hydrogens (tertiary/aromatic N) is 1. The SMILES string of the molecule is O=C(CN1C(=O)NC2(CCc3ccccc32)C1=O)NC1CC2CCC(C1)N2. The largest absolute Gasteiger partial charge is 0.352 e. The highest BCUT2D eigenvalue weighted by atomic mass is 16.2. The van der Waals surface area contributed by atoms with Gasteiger partial charge in [-0.15, -0.1) is 0 Å². The number of nitrogens with one attached hydrogen (secondary N) is 3. The molecular weight excluding hydrogens is 344 g/mol. The third kappa shape index (κ3) is 2.64. The molecule has 3 fully saturated rings. The molecule has 4 aliphatic rings. The minimum absolute atomic E-state index is 0.123. The van der Waals surface area contributed by atoms with E-state index in [2.05, 4.69) is 16.0 Å². The monoisotopic (exact) mass is 368 g/mol. The highest BCUT2D eigenvalue weighted by Crippen LogP contribution is 2.41. The van der Waals surface area contributed by atoms with Crippen LogP contribution in [0.3, 0.4) is 0 Å². The van der Waals surface area contributed by atoms with E-state index in [1.54, 1.807) is 0 Å². The molecule has 3 unspecified atom stereocenters. The van der Waals surface area contributed by atoms with E-state index in [1.165, 1.54) is 0 Å². The zero-order valence-electron chi connectivity index (χ0n) is 15.2. The molecule has 3 saturated heterocycles. The molecule has 0 saturated carbocycles. The van der Waals surface area contributed by atoms with Crippen LogP contribution in [0.25, 0.3) is 0 Å². The van der Waals surface area contributed by atoms with Gasteiger partial charge in [-0.2, -0.15) is 0 Å². The Hall–Kier alpha value is -2.41. The number of benzene rings is 1. The average molecular weight is 368 g/mol. The van der Waals surface area contributed by atoms with E-state index >= 15 is 0 Å². The van der Waals surface area contributed by atoms with Crippen molar-refractivity contribution in [3.05, 3.63) is 35.4 Å². The Morgan fingerprint density at radius 2 is 1.93 bits per heavy atom. The molecule has 1 aliphatic carbocycles. The molecule has 4 amide bonds. The first-order chi connectivity index (χ1) is 13.0. The number of piperidine rings is 1. The van der Waals surface area contributed by atoms with Crippen molar-refractivity contribution in [2.24, 2.45) is 0 Å². The molecule has 1 aromatic rings. The maximum atomic E-state index is 13.1. The summed E-state index contributed by atoms with van der Waals surface area (Å²) in [5.74, 6) is -0.564. The summed E-state index contributed by atoms with van der Waals surface area (Å²) in [5, 5.41) is 9.44. The summed E-state index contributed by atoms with van der Waals surface area (Å²) >= 11 is 0. The predicted octanol–water partition coefficient (Wildman–Crippen LogP) is 0.779. The van der Waals surface area contributed by atoms with Gasteiger partial charge in [-0.05, 0) is 49.7 Å². The summed E-state index contributed by atoms with van der Waals surface area (Å²) in [7, 11) is 0. The molecule has 1 aromatic carbocycles. The maximum absolute atomic E-state index is 13.1. The molecule has 0 aromatic heterocycles. The molecule has 3 atom stereocenters. The van der Waals surface area contributed by atoms with Crippen LogP contribution >= 0.6 is 0 Å². The first-order valence-electron chi connectivity index (χ1n) is 9.83. The molecule has 5 rings (SSSR count). The predicted molar refractivity (Wildman–Crippen MR) is 97.8 cm³/mol. The second-order valence-electron chi connectivity index (χ2n) is 8.26. The van der Waals surface area contributed by atoms with E-state index in [9.17, 15) is 14.4 Å². The van der Waals surface area contributed by atoms with Crippen molar-refractivity contribution >= 4 is 17.8 Å². The van der Waals surface area contributed by atoms with Gasteiger partial charge in [0.25, 0.3) is 5.91 Å². The quantitative estimate of drug-likeness (QED) is 0.688. The fraction of sp³-hybridized carbons (Fsp3) is 0.550. The molecule has 3 heterocycles. The van der Waals surface area contributed by atoms with Crippen LogP contribution in [0.1, 0.15) is 43.2 Å². The van der Waals surface area contributed by atoms with Gasteiger partial charge in [-0.3, -0.25) is 14.5 Å². The van der Waals surface area contributed by atoms with Gasteiger partial charge >= 0.3 is 6.03 Å². The highest BCUT2D eigenvalue weighted by Gasteiger charge is 2.55. The fourth-order valence-electron chi connectivity index (χ4n) is 5.33. The zero-order valence-corrected chi connectivity index (χ0v) is 15.2. The number of imide groups is 1. The first-order valence-corrected chi connectivity index (χ1v) is 9.83. The Morgan fingerprint density at radius 3 is 2.70 bits per heavy atom. The number of rotatable bonds is 3. The number of aryl methyl sites for hydroxylation is 1. The lowest BCUT2D eigenvalue weighted by atomic mass is 9.92. The molecule has 1 spiro atoms. The van der Waals surface area contributed by atoms with Crippen molar-refractivity contribution in [1.29, 1.82) is 0 Å². The Kier molecular flexibility index (Phi) is 3.75. The Bertz CT molecular complexity index is 813. The van der Waals surface area contributed by atoms with E-state index < -0.39 is 11.6 Å². The first kappa shape index (κ1) is 16.7. The van der Waals surface area contributed by atoms with Gasteiger partial charge in [0.05, 0.1) is 0 Å². The van der Waals surface area contributed by atoms with Crippen LogP contribution in [-0.2, 0) is 21.5 Å². The van der Waals surface area contributed by atoms with Crippen molar-refractivity contribution in [1.82, 2.24) is 20.9 Å². The summed E-state index contributed by atoms with van der Waals surface area (Å²) in [6, 6.07) is 8.31. The van der Waals surface area contributed by atoms with Gasteiger partial charge in [0.2, 0.25) is 5.91 Å². The van der Waals surface area contributed by atoms with Crippen molar-refractivity contribution in [2.75, 3.05) is 6.54 Å². The van der Waals surface area contributed by atoms with Crippen LogP contribution in [0.15, 0.2) is 24.3 Å². The molecule has 7 heteroatoms. The second-order valence-corrected chi connectivity index (χ2v) is 8.26. The summed E-state index contributed by atoms with van der Waals surface area (Å²) < 4.78 is 0. The number of fused-ring (bicyclic) bond motifs is 4. The standard InChI is InChI=1S/C20H24N4O3/c25-17(22-15-9-13-5-6-14(10-15)21-13)11-24-18(26)20(23-19(24)27)8-7-12-3-1-2-4-16(12)20/h1-4,13-15,21H,5-11H2,(H,22,25)(H,23,27). The van der Waals surface area contributed by atoms with Crippen molar-refractivity contribution < 1.29 is 14.4 Å². The van der Waals surface area contributed by atoms with Crippen LogP contribution in [0.4, 0.5) is 4.79 Å². The fourth-order valence-corrected chi connectivity index (χ4v) is 5.33. The normalized spacial score (nSPS) is 34.1. The van der Waals surface area contributed by atoms with Gasteiger partial charge in [0, 0.05) is 18.1 Å². The molecule has 27 heavy (non-hydrogen) atoms. The summed E-state index contributed by atoms with van der Waals surface area (Å²) in [6.07, 6.45) is 5.45. The van der Waals surface area contributed by atoms with E-state index in [-0.39, 0.29) is 24.4 Å². The lowest BCUT2D eigenvalue weighted by Gasteiger charge is -2.30. The number of hydrogen-bond acceptors (Lipinski definition) is 4. The molecule has 7 nitrogen and oxygen atoms in total. The van der Waals surface area contributed by atoms with Crippen LogP contribution < -0.4 is 16.0 Å². The van der Waals surface area contributed by atoms with Crippen LogP contribution in [-0.4, -0.2) is 47.4 Å². The Morgan fingerprint density at radius 1 is 1.19 bits per heavy atom. The number of carbonyl (C=O) groups excluding carboxylic acids is 3. The van der Waals surface area contributed by atoms with E-state index in [1.807, 2.05) is 24.3 Å². The van der Waals surface area contributed by atoms with Crippen molar-refractivity contribution in [2.45, 2.75) is 62.2 Å². The molecular formula is C20H24N4O3. The summed E-state index contributed by atoms with van der Waals surface area (Å²) in [5.41, 5.74) is 0.950. The number of carbonyl (C=O) groups is 3. The molecule has 3 aliphatic heterocycles. The molecule has 2 bridgehead atoms. The zero-order chi connectivity index (χ0) is 18.6. The van der Waals surface area contributed by atoms with Crippen molar-refractivity contribution in [3.8, 4) is 0 Å². The van der Waals surface area contributed by atoms with Crippen LogP contribution in [0.2, 0.25) is 0 Å². The number of hydrogen-bond donors (Lipinski definition) is 3. The van der Waals surface area contributed by atoms with Gasteiger partial charge in [0.15, 0.2) is 0 Å². The van der Waals surface area contributed by atoms with Crippen LogP contribution in [0.5, 0.6) is 0 Å². The number of amides is 4. The smallest absolute Gasteiger partial charge is 0.325 e. The molecule has 142 valence electrons. The van der Waals surface area contributed by atoms with E-state index in [0.29, 0.717) is 18.5 Å². The third-order valence-electron chi connectivity index (χ3n) is 6.56. The van der Waals surface area contributed by atoms with Crippen LogP contribution in [0, 0.1) is 0 Å². The average Bonchev–Trinajstić information content (AvgIpc) is 3.26. The highest BCUT2D eigenvalue weighted by molar-refractivity contribution is 6.09. The van der Waals surface area contributed by atoms with Gasteiger partial charge < -0.3 is 16.0 Å². The molecule has 0 radical (unpaired) electrons. The molecule has 3 N–H and O–H groups in total. The summed E-state index contributed by atoms with van der Waals surface area (Å²) in [4.78, 5) is 39.2. The minimum Gasteiger partial charge on any atom is -0.352 e. The summed E-state index contributed by atoms with van der Waals surface area (Å²) in [6.45, 7) is -0.214. The second kappa shape index (κ2) is 6.05. The Labute approximate surface area is 157 Å². The van der Waals surface area contributed by atoms with E-state index in [4.69, 9.17) is 0 Å². The van der Waals surface area contributed by atoms with Gasteiger partial charge in [-0.25, -0.2) is 4.79 Å². The van der Waals surface area contributed by atoms with Crippen molar-refractivity contribution in [3.63, 3.8) is 0 Å². The maximum Gasteiger partial charge on any atom is 0.325 e. The van der Waals surface area contributed by atoms with E-state index in [0.717, 1.165) is 48.1 Å². The lowest BCUT2D eigenvalue weighted by Crippen LogP contribution is -2.51.